The third-order valence-electron chi connectivity index (χ3n) is 9.15. The number of nitriles is 1. The van der Waals surface area contributed by atoms with E-state index in [9.17, 15) is 37.6 Å². The van der Waals surface area contributed by atoms with Gasteiger partial charge in [0.15, 0.2) is 0 Å². The van der Waals surface area contributed by atoms with E-state index in [1.807, 2.05) is 13.8 Å². The van der Waals surface area contributed by atoms with E-state index in [2.05, 4.69) is 22.0 Å². The highest BCUT2D eigenvalue weighted by Gasteiger charge is 2.70. The number of rotatable bonds is 7. The standard InChI is InChI=1S/C27H39F3N6O4/c1-24(2,3)19(33-23(40)35(6)13-27(28,29)30)22(39)36-12-16-17(25(16,4)5)18(36)21(38)32-15(11-31)9-14-10-26(7-8-26)34-20(14)37/h14-19H,7-10,12-13H2,1-6H3,(H,32,38)(H,33,40)(H,34,37). The molecule has 2 saturated carbocycles. The molecule has 2 aliphatic heterocycles. The molecule has 3 N–H and O–H groups in total. The number of amides is 5. The van der Waals surface area contributed by atoms with Gasteiger partial charge in [0.1, 0.15) is 24.7 Å². The second-order valence-corrected chi connectivity index (χ2v) is 13.7. The number of urea groups is 1. The molecule has 2 heterocycles. The molecule has 10 nitrogen and oxygen atoms in total. The molecule has 0 aromatic heterocycles. The summed E-state index contributed by atoms with van der Waals surface area (Å²) in [6.07, 6.45) is -1.99. The molecule has 0 aromatic carbocycles. The van der Waals surface area contributed by atoms with Crippen LogP contribution >= 0.6 is 0 Å². The summed E-state index contributed by atoms with van der Waals surface area (Å²) in [5.74, 6) is -1.73. The molecular formula is C27H39F3N6O4. The Balaban J connectivity index is 1.49. The molecule has 6 unspecified atom stereocenters. The number of carbonyl (C=O) groups is 4. The van der Waals surface area contributed by atoms with Crippen molar-refractivity contribution in [3.8, 4) is 6.07 Å². The second kappa shape index (κ2) is 9.80. The van der Waals surface area contributed by atoms with Crippen LogP contribution in [0.5, 0.6) is 0 Å². The molecule has 0 radical (unpaired) electrons. The zero-order chi connectivity index (χ0) is 30.0. The lowest BCUT2D eigenvalue weighted by atomic mass is 9.85. The molecule has 4 rings (SSSR count). The van der Waals surface area contributed by atoms with E-state index in [1.54, 1.807) is 20.8 Å². The summed E-state index contributed by atoms with van der Waals surface area (Å²) >= 11 is 0. The van der Waals surface area contributed by atoms with Crippen LogP contribution in [0, 0.1) is 39.9 Å². The number of halogens is 3. The first-order valence-corrected chi connectivity index (χ1v) is 13.7. The molecule has 2 aliphatic carbocycles. The van der Waals surface area contributed by atoms with E-state index >= 15 is 0 Å². The van der Waals surface area contributed by atoms with Crippen LogP contribution in [0.3, 0.4) is 0 Å². The molecule has 2 saturated heterocycles. The van der Waals surface area contributed by atoms with E-state index in [-0.39, 0.29) is 47.6 Å². The number of alkyl halides is 3. The van der Waals surface area contributed by atoms with Crippen LogP contribution < -0.4 is 16.0 Å². The molecule has 6 atom stereocenters. The Morgan fingerprint density at radius 3 is 2.33 bits per heavy atom. The van der Waals surface area contributed by atoms with Crippen molar-refractivity contribution in [2.45, 2.75) is 90.1 Å². The lowest BCUT2D eigenvalue weighted by molar-refractivity contribution is -0.144. The average molecular weight is 569 g/mol. The molecule has 4 fully saturated rings. The Hall–Kier alpha value is -3.04. The van der Waals surface area contributed by atoms with Crippen molar-refractivity contribution in [1.29, 1.82) is 5.26 Å². The third kappa shape index (κ3) is 5.86. The zero-order valence-corrected chi connectivity index (χ0v) is 23.8. The highest BCUT2D eigenvalue weighted by molar-refractivity contribution is 5.94. The first kappa shape index (κ1) is 29.9. The quantitative estimate of drug-likeness (QED) is 0.433. The number of carbonyl (C=O) groups excluding carboxylic acids is 4. The van der Waals surface area contributed by atoms with E-state index in [0.29, 0.717) is 11.3 Å². The van der Waals surface area contributed by atoms with Gasteiger partial charge in [-0.1, -0.05) is 34.6 Å². The van der Waals surface area contributed by atoms with Crippen LogP contribution in [0.1, 0.15) is 60.3 Å². The zero-order valence-electron chi connectivity index (χ0n) is 23.8. The van der Waals surface area contributed by atoms with Gasteiger partial charge >= 0.3 is 12.2 Å². The fourth-order valence-electron chi connectivity index (χ4n) is 6.54. The molecule has 5 amide bonds. The van der Waals surface area contributed by atoms with Gasteiger partial charge in [-0.2, -0.15) is 18.4 Å². The lowest BCUT2D eigenvalue weighted by Crippen LogP contribution is -2.61. The minimum absolute atomic E-state index is 0.0206. The van der Waals surface area contributed by atoms with Crippen molar-refractivity contribution < 1.29 is 32.3 Å². The van der Waals surface area contributed by atoms with Crippen molar-refractivity contribution in [1.82, 2.24) is 25.8 Å². The van der Waals surface area contributed by atoms with Gasteiger partial charge < -0.3 is 25.8 Å². The predicted molar refractivity (Wildman–Crippen MR) is 137 cm³/mol. The number of piperidine rings is 1. The number of likely N-dealkylation sites (tertiary alicyclic amines) is 1. The maximum atomic E-state index is 13.9. The highest BCUT2D eigenvalue weighted by Crippen LogP contribution is 2.65. The Labute approximate surface area is 232 Å². The summed E-state index contributed by atoms with van der Waals surface area (Å²) in [5, 5.41) is 18.0. The van der Waals surface area contributed by atoms with Gasteiger partial charge in [-0.15, -0.1) is 0 Å². The normalized spacial score (nSPS) is 29.1. The van der Waals surface area contributed by atoms with Gasteiger partial charge in [-0.05, 0) is 48.3 Å². The van der Waals surface area contributed by atoms with Crippen LogP contribution in [-0.4, -0.2) is 83.5 Å². The minimum Gasteiger partial charge on any atom is -0.350 e. The van der Waals surface area contributed by atoms with Crippen molar-refractivity contribution in [3.63, 3.8) is 0 Å². The maximum Gasteiger partial charge on any atom is 0.406 e. The Morgan fingerprint density at radius 2 is 1.82 bits per heavy atom. The van der Waals surface area contributed by atoms with Crippen molar-refractivity contribution in [2.24, 2.45) is 28.6 Å². The summed E-state index contributed by atoms with van der Waals surface area (Å²) in [6, 6.07) is -2.01. The molecule has 4 aliphatic rings. The summed E-state index contributed by atoms with van der Waals surface area (Å²) in [6.45, 7) is 7.81. The van der Waals surface area contributed by atoms with Gasteiger partial charge in [0.05, 0.1) is 6.07 Å². The Kier molecular flexibility index (Phi) is 7.33. The lowest BCUT2D eigenvalue weighted by Gasteiger charge is -2.38. The van der Waals surface area contributed by atoms with Gasteiger partial charge in [-0.3, -0.25) is 14.4 Å². The van der Waals surface area contributed by atoms with Crippen LogP contribution in [0.2, 0.25) is 0 Å². The molecule has 40 heavy (non-hydrogen) atoms. The Morgan fingerprint density at radius 1 is 1.20 bits per heavy atom. The van der Waals surface area contributed by atoms with Crippen molar-refractivity contribution in [3.05, 3.63) is 0 Å². The van der Waals surface area contributed by atoms with E-state index < -0.39 is 54.1 Å². The van der Waals surface area contributed by atoms with Gasteiger partial charge in [0.2, 0.25) is 17.7 Å². The van der Waals surface area contributed by atoms with Crippen molar-refractivity contribution >= 4 is 23.8 Å². The predicted octanol–water partition coefficient (Wildman–Crippen LogP) is 2.15. The van der Waals surface area contributed by atoms with Crippen LogP contribution in [0.4, 0.5) is 18.0 Å². The van der Waals surface area contributed by atoms with Gasteiger partial charge in [0, 0.05) is 25.0 Å². The fourth-order valence-corrected chi connectivity index (χ4v) is 6.54. The van der Waals surface area contributed by atoms with Gasteiger partial charge in [-0.25, -0.2) is 4.79 Å². The van der Waals surface area contributed by atoms with Crippen LogP contribution in [0.25, 0.3) is 0 Å². The molecule has 222 valence electrons. The number of hydrogen-bond acceptors (Lipinski definition) is 5. The fraction of sp³-hybridized carbons (Fsp3) is 0.815. The van der Waals surface area contributed by atoms with E-state index in [0.717, 1.165) is 19.9 Å². The number of nitrogens with one attached hydrogen (secondary N) is 3. The van der Waals surface area contributed by atoms with E-state index in [4.69, 9.17) is 0 Å². The molecule has 1 spiro atoms. The average Bonchev–Trinajstić information content (AvgIpc) is 3.53. The number of hydrogen-bond donors (Lipinski definition) is 3. The summed E-state index contributed by atoms with van der Waals surface area (Å²) < 4.78 is 38.5. The highest BCUT2D eigenvalue weighted by atomic mass is 19.4. The number of nitrogens with zero attached hydrogens (tertiary/aromatic N) is 3. The smallest absolute Gasteiger partial charge is 0.350 e. The first-order valence-electron chi connectivity index (χ1n) is 13.7. The molecule has 0 aromatic rings. The van der Waals surface area contributed by atoms with Crippen LogP contribution in [0.15, 0.2) is 0 Å². The largest absolute Gasteiger partial charge is 0.406 e. The van der Waals surface area contributed by atoms with Crippen molar-refractivity contribution in [2.75, 3.05) is 20.1 Å². The Bertz CT molecular complexity index is 1120. The maximum absolute atomic E-state index is 13.9. The monoisotopic (exact) mass is 568 g/mol. The second-order valence-electron chi connectivity index (χ2n) is 13.7. The van der Waals surface area contributed by atoms with Gasteiger partial charge in [0.25, 0.3) is 0 Å². The minimum atomic E-state index is -4.60. The summed E-state index contributed by atoms with van der Waals surface area (Å²) in [7, 11) is 0.995. The topological polar surface area (TPSA) is 135 Å². The third-order valence-corrected chi connectivity index (χ3v) is 9.15. The molecular weight excluding hydrogens is 529 g/mol. The molecule has 13 heteroatoms. The van der Waals surface area contributed by atoms with E-state index in [1.165, 1.54) is 4.90 Å². The number of fused-ring (bicyclic) bond motifs is 1. The SMILES string of the molecule is CN(CC(F)(F)F)C(=O)NC(C(=O)N1CC2C(C1C(=O)NC(C#N)CC1CC3(CC3)NC1=O)C2(C)C)C(C)(C)C. The first-order chi connectivity index (χ1) is 18.3. The molecule has 0 bridgehead atoms. The van der Waals surface area contributed by atoms with Crippen LogP contribution in [-0.2, 0) is 14.4 Å². The summed E-state index contributed by atoms with van der Waals surface area (Å²) in [5.41, 5.74) is -1.26. The summed E-state index contributed by atoms with van der Waals surface area (Å²) in [4.78, 5) is 54.4.